The first kappa shape index (κ1) is 14.5. The van der Waals surface area contributed by atoms with Gasteiger partial charge < -0.3 is 5.11 Å². The molecular formula is C13H15ClN4O2. The smallest absolute Gasteiger partial charge is 0.305 e. The van der Waals surface area contributed by atoms with Crippen LogP contribution in [0.25, 0.3) is 0 Å². The van der Waals surface area contributed by atoms with Gasteiger partial charge >= 0.3 is 5.97 Å². The minimum absolute atomic E-state index is 0.00909. The van der Waals surface area contributed by atoms with Crippen molar-refractivity contribution < 1.29 is 9.90 Å². The Morgan fingerprint density at radius 3 is 2.70 bits per heavy atom. The van der Waals surface area contributed by atoms with E-state index in [4.69, 9.17) is 16.7 Å². The SMILES string of the molecule is CCC(CC(=O)O)n1nnnc1Cc1ccc(Cl)cc1. The summed E-state index contributed by atoms with van der Waals surface area (Å²) in [7, 11) is 0. The molecule has 0 bridgehead atoms. The average molecular weight is 295 g/mol. The Morgan fingerprint density at radius 2 is 2.10 bits per heavy atom. The van der Waals surface area contributed by atoms with Gasteiger partial charge in [0.15, 0.2) is 5.82 Å². The lowest BCUT2D eigenvalue weighted by Gasteiger charge is -2.14. The number of carboxylic acid groups (broad SMARTS) is 1. The molecule has 2 rings (SSSR count). The second kappa shape index (κ2) is 6.47. The van der Waals surface area contributed by atoms with Gasteiger partial charge in [-0.05, 0) is 34.5 Å². The fourth-order valence-corrected chi connectivity index (χ4v) is 2.13. The number of carbonyl (C=O) groups is 1. The number of nitrogens with zero attached hydrogens (tertiary/aromatic N) is 4. The minimum Gasteiger partial charge on any atom is -0.481 e. The molecule has 1 heterocycles. The lowest BCUT2D eigenvalue weighted by Crippen LogP contribution is -2.17. The highest BCUT2D eigenvalue weighted by molar-refractivity contribution is 6.30. The number of rotatable bonds is 6. The number of hydrogen-bond donors (Lipinski definition) is 1. The Hall–Kier alpha value is -1.95. The minimum atomic E-state index is -0.857. The molecular weight excluding hydrogens is 280 g/mol. The lowest BCUT2D eigenvalue weighted by molar-refractivity contribution is -0.138. The van der Waals surface area contributed by atoms with Gasteiger partial charge in [-0.25, -0.2) is 4.68 Å². The van der Waals surface area contributed by atoms with Crippen LogP contribution in [0.3, 0.4) is 0 Å². The number of benzene rings is 1. The molecule has 0 aliphatic carbocycles. The van der Waals surface area contributed by atoms with Crippen molar-refractivity contribution in [1.29, 1.82) is 0 Å². The van der Waals surface area contributed by atoms with Crippen LogP contribution in [-0.2, 0) is 11.2 Å². The predicted molar refractivity (Wildman–Crippen MR) is 73.7 cm³/mol. The van der Waals surface area contributed by atoms with Crippen molar-refractivity contribution in [2.75, 3.05) is 0 Å². The van der Waals surface area contributed by atoms with Gasteiger partial charge in [-0.3, -0.25) is 4.79 Å². The van der Waals surface area contributed by atoms with Crippen LogP contribution < -0.4 is 0 Å². The Morgan fingerprint density at radius 1 is 1.40 bits per heavy atom. The van der Waals surface area contributed by atoms with Gasteiger partial charge in [-0.2, -0.15) is 0 Å². The van der Waals surface area contributed by atoms with E-state index in [0.717, 1.165) is 5.56 Å². The third-order valence-electron chi connectivity index (χ3n) is 3.06. The molecule has 1 aromatic carbocycles. The normalized spacial score (nSPS) is 12.3. The van der Waals surface area contributed by atoms with Crippen LogP contribution in [0, 0.1) is 0 Å². The van der Waals surface area contributed by atoms with Crippen molar-refractivity contribution >= 4 is 17.6 Å². The first-order valence-electron chi connectivity index (χ1n) is 6.33. The van der Waals surface area contributed by atoms with Gasteiger partial charge in [0, 0.05) is 11.4 Å². The summed E-state index contributed by atoms with van der Waals surface area (Å²) < 4.78 is 1.60. The maximum atomic E-state index is 10.9. The molecule has 0 fully saturated rings. The van der Waals surface area contributed by atoms with Gasteiger partial charge in [-0.15, -0.1) is 5.10 Å². The summed E-state index contributed by atoms with van der Waals surface area (Å²) in [6, 6.07) is 7.18. The topological polar surface area (TPSA) is 80.9 Å². The standard InChI is InChI=1S/C13H15ClN4O2/c1-2-11(8-13(19)20)18-12(15-16-17-18)7-9-3-5-10(14)6-4-9/h3-6,11H,2,7-8H2,1H3,(H,19,20). The number of halogens is 1. The van der Waals surface area contributed by atoms with E-state index in [2.05, 4.69) is 15.5 Å². The summed E-state index contributed by atoms with van der Waals surface area (Å²) in [4.78, 5) is 10.9. The number of carboxylic acids is 1. The highest BCUT2D eigenvalue weighted by Gasteiger charge is 2.18. The van der Waals surface area contributed by atoms with E-state index in [1.54, 1.807) is 16.8 Å². The number of tetrazole rings is 1. The molecule has 1 unspecified atom stereocenters. The molecule has 0 spiro atoms. The molecule has 6 nitrogen and oxygen atoms in total. The highest BCUT2D eigenvalue weighted by atomic mass is 35.5. The molecule has 0 radical (unpaired) electrons. The van der Waals surface area contributed by atoms with Crippen molar-refractivity contribution in [3.05, 3.63) is 40.7 Å². The Balaban J connectivity index is 2.19. The van der Waals surface area contributed by atoms with E-state index in [9.17, 15) is 4.79 Å². The molecule has 0 saturated heterocycles. The fraction of sp³-hybridized carbons (Fsp3) is 0.385. The highest BCUT2D eigenvalue weighted by Crippen LogP contribution is 2.18. The lowest BCUT2D eigenvalue weighted by atomic mass is 10.1. The summed E-state index contributed by atoms with van der Waals surface area (Å²) in [6.45, 7) is 1.92. The Bertz CT molecular complexity index is 582. The van der Waals surface area contributed by atoms with Gasteiger partial charge in [-0.1, -0.05) is 30.7 Å². The summed E-state index contributed by atoms with van der Waals surface area (Å²) in [5.74, 6) is -0.204. The summed E-state index contributed by atoms with van der Waals surface area (Å²) in [6.07, 6.45) is 1.21. The third-order valence-corrected chi connectivity index (χ3v) is 3.32. The molecule has 20 heavy (non-hydrogen) atoms. The molecule has 2 aromatic rings. The molecule has 1 N–H and O–H groups in total. The largest absolute Gasteiger partial charge is 0.481 e. The number of aromatic nitrogens is 4. The second-order valence-corrected chi connectivity index (χ2v) is 4.94. The molecule has 106 valence electrons. The van der Waals surface area contributed by atoms with Gasteiger partial charge in [0.05, 0.1) is 12.5 Å². The van der Waals surface area contributed by atoms with E-state index < -0.39 is 5.97 Å². The Labute approximate surface area is 121 Å². The molecule has 0 amide bonds. The molecule has 0 aliphatic rings. The number of aliphatic carboxylic acids is 1. The van der Waals surface area contributed by atoms with Crippen LogP contribution in [0.1, 0.15) is 37.2 Å². The maximum absolute atomic E-state index is 10.9. The zero-order valence-electron chi connectivity index (χ0n) is 11.0. The van der Waals surface area contributed by atoms with Crippen LogP contribution in [-0.4, -0.2) is 31.3 Å². The van der Waals surface area contributed by atoms with Crippen LogP contribution in [0.4, 0.5) is 0 Å². The quantitative estimate of drug-likeness (QED) is 0.884. The molecule has 0 saturated carbocycles. The van der Waals surface area contributed by atoms with Crippen molar-refractivity contribution in [3.63, 3.8) is 0 Å². The summed E-state index contributed by atoms with van der Waals surface area (Å²) in [5.41, 5.74) is 1.02. The van der Waals surface area contributed by atoms with Gasteiger partial charge in [0.1, 0.15) is 0 Å². The average Bonchev–Trinajstić information content (AvgIpc) is 2.86. The van der Waals surface area contributed by atoms with E-state index >= 15 is 0 Å². The third kappa shape index (κ3) is 3.54. The molecule has 1 aromatic heterocycles. The van der Waals surface area contributed by atoms with E-state index in [0.29, 0.717) is 23.7 Å². The monoisotopic (exact) mass is 294 g/mol. The first-order chi connectivity index (χ1) is 9.60. The van der Waals surface area contributed by atoms with Crippen molar-refractivity contribution in [1.82, 2.24) is 20.2 Å². The Kier molecular flexibility index (Phi) is 4.68. The van der Waals surface area contributed by atoms with Gasteiger partial charge in [0.2, 0.25) is 0 Å². The molecule has 1 atom stereocenters. The fourth-order valence-electron chi connectivity index (χ4n) is 2.00. The first-order valence-corrected chi connectivity index (χ1v) is 6.71. The van der Waals surface area contributed by atoms with Crippen LogP contribution >= 0.6 is 11.6 Å². The number of hydrogen-bond acceptors (Lipinski definition) is 4. The second-order valence-electron chi connectivity index (χ2n) is 4.50. The molecule has 7 heteroatoms. The van der Waals surface area contributed by atoms with Crippen LogP contribution in [0.15, 0.2) is 24.3 Å². The van der Waals surface area contributed by atoms with Crippen LogP contribution in [0.2, 0.25) is 5.02 Å². The van der Waals surface area contributed by atoms with Crippen molar-refractivity contribution in [2.45, 2.75) is 32.2 Å². The maximum Gasteiger partial charge on any atom is 0.305 e. The van der Waals surface area contributed by atoms with Crippen molar-refractivity contribution in [3.8, 4) is 0 Å². The van der Waals surface area contributed by atoms with Crippen molar-refractivity contribution in [2.24, 2.45) is 0 Å². The van der Waals surface area contributed by atoms with Crippen LogP contribution in [0.5, 0.6) is 0 Å². The zero-order valence-corrected chi connectivity index (χ0v) is 11.8. The van der Waals surface area contributed by atoms with E-state index in [1.807, 2.05) is 19.1 Å². The van der Waals surface area contributed by atoms with E-state index in [1.165, 1.54) is 0 Å². The molecule has 0 aliphatic heterocycles. The summed E-state index contributed by atoms with van der Waals surface area (Å²) >= 11 is 5.84. The predicted octanol–water partition coefficient (Wildman–Crippen LogP) is 2.34. The zero-order chi connectivity index (χ0) is 14.5. The summed E-state index contributed by atoms with van der Waals surface area (Å²) in [5, 5.41) is 21.2. The van der Waals surface area contributed by atoms with E-state index in [-0.39, 0.29) is 12.5 Å². The van der Waals surface area contributed by atoms with Gasteiger partial charge in [0.25, 0.3) is 0 Å².